The van der Waals surface area contributed by atoms with Crippen molar-refractivity contribution < 1.29 is 4.79 Å². The van der Waals surface area contributed by atoms with Gasteiger partial charge in [-0.2, -0.15) is 4.79 Å². The zero-order valence-electron chi connectivity index (χ0n) is 8.00. The predicted molar refractivity (Wildman–Crippen MR) is 52.5 cm³/mol. The Hall–Kier alpha value is -0.880. The van der Waals surface area contributed by atoms with Gasteiger partial charge in [-0.3, -0.25) is 0 Å². The van der Waals surface area contributed by atoms with Gasteiger partial charge in [0.1, 0.15) is 0 Å². The van der Waals surface area contributed by atoms with Gasteiger partial charge in [-0.15, -0.1) is 0 Å². The zero-order valence-corrected chi connectivity index (χ0v) is 8.00. The average Bonchev–Trinajstić information content (AvgIpc) is 2.39. The summed E-state index contributed by atoms with van der Waals surface area (Å²) in [7, 11) is 0. The molecule has 13 heavy (non-hydrogen) atoms. The van der Waals surface area contributed by atoms with E-state index in [4.69, 9.17) is 5.53 Å². The number of rotatable bonds is 0. The Labute approximate surface area is 79.3 Å². The minimum atomic E-state index is 0.487. The van der Waals surface area contributed by atoms with Gasteiger partial charge in [0.25, 0.3) is 5.71 Å². The maximum absolute atomic E-state index is 8.92. The molecule has 0 saturated heterocycles. The molecule has 0 spiro atoms. The fraction of sp³-hybridized carbons (Fsp3) is 0.727. The SMILES string of the molecule is [N-]=[N+]=C1CCCCC2=CCCCC21. The molecule has 2 nitrogen and oxygen atoms in total. The third-order valence-electron chi connectivity index (χ3n) is 3.23. The molecule has 0 aliphatic heterocycles. The third-order valence-corrected chi connectivity index (χ3v) is 3.23. The van der Waals surface area contributed by atoms with Crippen molar-refractivity contribution in [1.82, 2.24) is 0 Å². The average molecular weight is 176 g/mol. The fourth-order valence-electron chi connectivity index (χ4n) is 2.52. The number of nitrogens with zero attached hydrogens (tertiary/aromatic N) is 2. The van der Waals surface area contributed by atoms with E-state index in [1.165, 1.54) is 44.1 Å². The van der Waals surface area contributed by atoms with Gasteiger partial charge < -0.3 is 5.53 Å². The zero-order chi connectivity index (χ0) is 9.10. The molecule has 1 saturated carbocycles. The van der Waals surface area contributed by atoms with Gasteiger partial charge in [0.15, 0.2) is 0 Å². The summed E-state index contributed by atoms with van der Waals surface area (Å²) in [4.78, 5) is 3.47. The number of fused-ring (bicyclic) bond motifs is 1. The molecule has 0 aromatic rings. The summed E-state index contributed by atoms with van der Waals surface area (Å²) in [5, 5.41) is 0. The largest absolute Gasteiger partial charge is 0.362 e. The Morgan fingerprint density at radius 3 is 2.92 bits per heavy atom. The number of hydrogen-bond donors (Lipinski definition) is 0. The summed E-state index contributed by atoms with van der Waals surface area (Å²) >= 11 is 0. The van der Waals surface area contributed by atoms with E-state index >= 15 is 0 Å². The normalized spacial score (nSPS) is 28.5. The van der Waals surface area contributed by atoms with E-state index in [1.807, 2.05) is 0 Å². The molecule has 70 valence electrons. The van der Waals surface area contributed by atoms with Crippen molar-refractivity contribution in [3.63, 3.8) is 0 Å². The van der Waals surface area contributed by atoms with Crippen LogP contribution in [-0.2, 0) is 0 Å². The molecule has 2 heteroatoms. The Kier molecular flexibility index (Phi) is 2.60. The van der Waals surface area contributed by atoms with E-state index in [9.17, 15) is 0 Å². The molecule has 1 fully saturated rings. The van der Waals surface area contributed by atoms with Crippen molar-refractivity contribution >= 4 is 5.71 Å². The molecule has 2 rings (SSSR count). The second-order valence-corrected chi connectivity index (χ2v) is 4.06. The van der Waals surface area contributed by atoms with Gasteiger partial charge in [0.2, 0.25) is 0 Å². The van der Waals surface area contributed by atoms with E-state index in [-0.39, 0.29) is 0 Å². The van der Waals surface area contributed by atoms with Crippen LogP contribution in [0.5, 0.6) is 0 Å². The topological polar surface area (TPSA) is 36.4 Å². The minimum Gasteiger partial charge on any atom is -0.362 e. The molecule has 0 heterocycles. The second kappa shape index (κ2) is 3.89. The summed E-state index contributed by atoms with van der Waals surface area (Å²) in [6.07, 6.45) is 10.7. The second-order valence-electron chi connectivity index (χ2n) is 4.06. The van der Waals surface area contributed by atoms with Crippen molar-refractivity contribution in [1.29, 1.82) is 0 Å². The summed E-state index contributed by atoms with van der Waals surface area (Å²) in [5.41, 5.74) is 11.5. The Morgan fingerprint density at radius 2 is 2.08 bits per heavy atom. The third kappa shape index (κ3) is 1.73. The Balaban J connectivity index is 2.28. The molecule has 0 N–H and O–H groups in total. The summed E-state index contributed by atoms with van der Waals surface area (Å²) in [6, 6.07) is 0. The molecule has 0 radical (unpaired) electrons. The van der Waals surface area contributed by atoms with Gasteiger partial charge >= 0.3 is 0 Å². The van der Waals surface area contributed by atoms with Gasteiger partial charge in [0, 0.05) is 6.42 Å². The van der Waals surface area contributed by atoms with Crippen LogP contribution < -0.4 is 0 Å². The molecule has 0 bridgehead atoms. The van der Waals surface area contributed by atoms with Crippen LogP contribution in [0.4, 0.5) is 0 Å². The first-order valence-corrected chi connectivity index (χ1v) is 5.31. The predicted octanol–water partition coefficient (Wildman–Crippen LogP) is 2.96. The quantitative estimate of drug-likeness (QED) is 0.309. The van der Waals surface area contributed by atoms with Gasteiger partial charge in [-0.25, -0.2) is 0 Å². The van der Waals surface area contributed by atoms with Gasteiger partial charge in [-0.1, -0.05) is 11.6 Å². The molecule has 0 aromatic heterocycles. The van der Waals surface area contributed by atoms with E-state index < -0.39 is 0 Å². The molecular formula is C11H16N2. The van der Waals surface area contributed by atoms with Crippen molar-refractivity contribution in [2.24, 2.45) is 5.92 Å². The van der Waals surface area contributed by atoms with Gasteiger partial charge in [0.05, 0.1) is 5.92 Å². The fourth-order valence-corrected chi connectivity index (χ4v) is 2.52. The van der Waals surface area contributed by atoms with E-state index in [0.717, 1.165) is 12.1 Å². The maximum atomic E-state index is 8.92. The lowest BCUT2D eigenvalue weighted by molar-refractivity contribution is -0.0150. The van der Waals surface area contributed by atoms with Crippen LogP contribution in [0.15, 0.2) is 11.6 Å². The first-order chi connectivity index (χ1) is 6.42. The monoisotopic (exact) mass is 176 g/mol. The highest BCUT2D eigenvalue weighted by atomic mass is 14.9. The highest BCUT2D eigenvalue weighted by Crippen LogP contribution is 2.33. The maximum Gasteiger partial charge on any atom is 0.275 e. The first-order valence-electron chi connectivity index (χ1n) is 5.31. The van der Waals surface area contributed by atoms with Crippen LogP contribution in [0, 0.1) is 5.92 Å². The van der Waals surface area contributed by atoms with E-state index in [1.54, 1.807) is 0 Å². The first kappa shape index (κ1) is 8.71. The molecule has 1 atom stereocenters. The van der Waals surface area contributed by atoms with Crippen molar-refractivity contribution in [2.45, 2.75) is 44.9 Å². The Bertz CT molecular complexity index is 272. The van der Waals surface area contributed by atoms with Crippen LogP contribution in [-0.4, -0.2) is 10.5 Å². The molecular weight excluding hydrogens is 160 g/mol. The molecule has 0 amide bonds. The molecule has 0 aromatic carbocycles. The number of allylic oxidation sites excluding steroid dienone is 2. The van der Waals surface area contributed by atoms with Crippen molar-refractivity contribution in [2.75, 3.05) is 0 Å². The van der Waals surface area contributed by atoms with Crippen LogP contribution in [0.1, 0.15) is 44.9 Å². The van der Waals surface area contributed by atoms with Crippen LogP contribution >= 0.6 is 0 Å². The highest BCUT2D eigenvalue weighted by Gasteiger charge is 2.30. The summed E-state index contributed by atoms with van der Waals surface area (Å²) < 4.78 is 0. The minimum absolute atomic E-state index is 0.487. The lowest BCUT2D eigenvalue weighted by Crippen LogP contribution is -2.18. The smallest absolute Gasteiger partial charge is 0.275 e. The van der Waals surface area contributed by atoms with Crippen LogP contribution in [0.3, 0.4) is 0 Å². The lowest BCUT2D eigenvalue weighted by atomic mass is 9.83. The lowest BCUT2D eigenvalue weighted by Gasteiger charge is -2.18. The van der Waals surface area contributed by atoms with Crippen LogP contribution in [0.25, 0.3) is 5.53 Å². The van der Waals surface area contributed by atoms with Crippen LogP contribution in [0.2, 0.25) is 0 Å². The summed E-state index contributed by atoms with van der Waals surface area (Å²) in [6.45, 7) is 0. The van der Waals surface area contributed by atoms with E-state index in [0.29, 0.717) is 5.92 Å². The highest BCUT2D eigenvalue weighted by molar-refractivity contribution is 5.84. The Morgan fingerprint density at radius 1 is 1.23 bits per heavy atom. The number of hydrogen-bond acceptors (Lipinski definition) is 0. The van der Waals surface area contributed by atoms with Gasteiger partial charge in [-0.05, 0) is 38.5 Å². The summed E-state index contributed by atoms with van der Waals surface area (Å²) in [5.74, 6) is 0.487. The molecule has 2 aliphatic carbocycles. The molecule has 1 unspecified atom stereocenters. The standard InChI is InChI=1S/C11H16N2/c12-13-11-8-4-2-6-9-5-1-3-7-10(9)11/h5,10H,1-4,6-8H2. The van der Waals surface area contributed by atoms with Crippen molar-refractivity contribution in [3.05, 3.63) is 17.2 Å². The molecule has 2 aliphatic rings. The van der Waals surface area contributed by atoms with E-state index in [2.05, 4.69) is 10.9 Å². The van der Waals surface area contributed by atoms with Crippen molar-refractivity contribution in [3.8, 4) is 0 Å².